The molecule has 2 aromatic rings. The lowest BCUT2D eigenvalue weighted by molar-refractivity contribution is -0.167. The van der Waals surface area contributed by atoms with Crippen molar-refractivity contribution in [2.45, 2.75) is 63.3 Å². The van der Waals surface area contributed by atoms with Gasteiger partial charge in [0.1, 0.15) is 12.2 Å². The second kappa shape index (κ2) is 13.9. The average Bonchev–Trinajstić information content (AvgIpc) is 2.94. The van der Waals surface area contributed by atoms with Crippen LogP contribution in [0.4, 0.5) is 31.1 Å². The number of urea groups is 1. The monoisotopic (exact) mass is 661 g/mol. The summed E-state index contributed by atoms with van der Waals surface area (Å²) in [4.78, 5) is 46.6. The predicted molar refractivity (Wildman–Crippen MR) is 154 cm³/mol. The first kappa shape index (κ1) is 34.4. The van der Waals surface area contributed by atoms with Gasteiger partial charge in [-0.1, -0.05) is 23.7 Å². The summed E-state index contributed by atoms with van der Waals surface area (Å²) in [6.07, 6.45) is -9.32. The van der Waals surface area contributed by atoms with E-state index in [4.69, 9.17) is 11.6 Å². The van der Waals surface area contributed by atoms with Crippen molar-refractivity contribution in [3.05, 3.63) is 69.7 Å². The van der Waals surface area contributed by atoms with E-state index in [1.54, 1.807) is 29.2 Å². The molecule has 246 valence electrons. The number of piperazine rings is 1. The smallest absolute Gasteiger partial charge is 0.334 e. The number of rotatable bonds is 9. The van der Waals surface area contributed by atoms with Gasteiger partial charge < -0.3 is 24.9 Å². The van der Waals surface area contributed by atoms with Crippen LogP contribution in [-0.4, -0.2) is 83.4 Å². The average molecular weight is 662 g/mol. The number of fused-ring (bicyclic) bond motifs is 1. The van der Waals surface area contributed by atoms with Gasteiger partial charge in [-0.15, -0.1) is 0 Å². The van der Waals surface area contributed by atoms with Crippen LogP contribution < -0.4 is 5.32 Å². The van der Waals surface area contributed by atoms with Crippen LogP contribution in [0.1, 0.15) is 47.9 Å². The molecule has 2 fully saturated rings. The van der Waals surface area contributed by atoms with E-state index in [0.29, 0.717) is 30.0 Å². The van der Waals surface area contributed by atoms with Crippen LogP contribution in [0.15, 0.2) is 42.5 Å². The third-order valence-corrected chi connectivity index (χ3v) is 8.03. The molecule has 0 bridgehead atoms. The van der Waals surface area contributed by atoms with Crippen molar-refractivity contribution in [3.63, 3.8) is 0 Å². The van der Waals surface area contributed by atoms with Crippen LogP contribution in [0.25, 0.3) is 0 Å². The summed E-state index contributed by atoms with van der Waals surface area (Å²) >= 11 is 6.14. The third kappa shape index (κ3) is 8.60. The highest BCUT2D eigenvalue weighted by molar-refractivity contribution is 6.30. The van der Waals surface area contributed by atoms with E-state index in [0.717, 1.165) is 18.5 Å². The number of amides is 4. The Bertz CT molecular complexity index is 1370. The minimum atomic E-state index is -5.03. The molecule has 1 unspecified atom stereocenters. The standard InChI is InChI=1S/C30H34ClF6N5O3/c1-39(2)10-4-3-8-24-27(44)40(17-19-6-5-7-23(31)14-19)18-25-41(11-9-26(43)42(24)25)28(45)38-16-20-12-21(29(32,33)34)15-22(13-20)30(35,36)37/h5-7,12-15,24-25H,3-4,8-11,16-18H2,1-2H3,(H,38,45)/t24-,25?/m0/s1. The van der Waals surface area contributed by atoms with E-state index in [2.05, 4.69) is 5.32 Å². The zero-order chi connectivity index (χ0) is 33.1. The van der Waals surface area contributed by atoms with Crippen molar-refractivity contribution in [3.8, 4) is 0 Å². The Morgan fingerprint density at radius 1 is 0.978 bits per heavy atom. The lowest BCUT2D eigenvalue weighted by Gasteiger charge is -2.52. The van der Waals surface area contributed by atoms with Crippen molar-refractivity contribution in [2.24, 2.45) is 0 Å². The van der Waals surface area contributed by atoms with Gasteiger partial charge in [-0.05, 0) is 81.4 Å². The van der Waals surface area contributed by atoms with Crippen molar-refractivity contribution >= 4 is 29.4 Å². The maximum absolute atomic E-state index is 13.7. The molecule has 0 aromatic heterocycles. The fourth-order valence-electron chi connectivity index (χ4n) is 5.66. The van der Waals surface area contributed by atoms with Gasteiger partial charge in [-0.3, -0.25) is 9.59 Å². The number of nitrogens with zero attached hydrogens (tertiary/aromatic N) is 4. The third-order valence-electron chi connectivity index (χ3n) is 7.80. The Labute approximate surface area is 261 Å². The van der Waals surface area contributed by atoms with Gasteiger partial charge in [0, 0.05) is 31.1 Å². The van der Waals surface area contributed by atoms with Gasteiger partial charge in [0.2, 0.25) is 11.8 Å². The number of hydrogen-bond donors (Lipinski definition) is 1. The number of halogens is 7. The summed E-state index contributed by atoms with van der Waals surface area (Å²) in [6, 6.07) is 6.40. The van der Waals surface area contributed by atoms with Gasteiger partial charge >= 0.3 is 18.4 Å². The minimum Gasteiger partial charge on any atom is -0.334 e. The number of hydrogen-bond acceptors (Lipinski definition) is 4. The molecule has 45 heavy (non-hydrogen) atoms. The summed E-state index contributed by atoms with van der Waals surface area (Å²) in [5, 5.41) is 2.89. The number of unbranched alkanes of at least 4 members (excludes halogenated alkanes) is 1. The lowest BCUT2D eigenvalue weighted by Crippen LogP contribution is -2.71. The number of nitrogens with one attached hydrogen (secondary N) is 1. The van der Waals surface area contributed by atoms with Crippen molar-refractivity contribution < 1.29 is 40.7 Å². The van der Waals surface area contributed by atoms with Crippen LogP contribution in [0.3, 0.4) is 0 Å². The highest BCUT2D eigenvalue weighted by atomic mass is 35.5. The predicted octanol–water partition coefficient (Wildman–Crippen LogP) is 5.59. The number of carbonyl (C=O) groups is 3. The summed E-state index contributed by atoms with van der Waals surface area (Å²) in [6.45, 7) is 0.216. The van der Waals surface area contributed by atoms with E-state index >= 15 is 0 Å². The number of carbonyl (C=O) groups excluding carboxylic acids is 3. The topological polar surface area (TPSA) is 76.2 Å². The van der Waals surface area contributed by atoms with E-state index in [9.17, 15) is 40.7 Å². The zero-order valence-corrected chi connectivity index (χ0v) is 25.5. The van der Waals surface area contributed by atoms with E-state index < -0.39 is 53.8 Å². The molecule has 4 amide bonds. The number of alkyl halides is 6. The highest BCUT2D eigenvalue weighted by Crippen LogP contribution is 2.36. The Morgan fingerprint density at radius 3 is 2.24 bits per heavy atom. The van der Waals surface area contributed by atoms with Gasteiger partial charge in [0.05, 0.1) is 17.7 Å². The van der Waals surface area contributed by atoms with Crippen molar-refractivity contribution in [2.75, 3.05) is 33.7 Å². The van der Waals surface area contributed by atoms with E-state index in [1.807, 2.05) is 19.0 Å². The molecule has 15 heteroatoms. The quantitative estimate of drug-likeness (QED) is 0.281. The summed E-state index contributed by atoms with van der Waals surface area (Å²) in [7, 11) is 3.84. The largest absolute Gasteiger partial charge is 0.416 e. The van der Waals surface area contributed by atoms with Gasteiger partial charge in [-0.25, -0.2) is 4.79 Å². The van der Waals surface area contributed by atoms with Gasteiger partial charge in [0.15, 0.2) is 0 Å². The molecule has 0 radical (unpaired) electrons. The first-order valence-electron chi connectivity index (χ1n) is 14.4. The van der Waals surface area contributed by atoms with Crippen molar-refractivity contribution in [1.82, 2.24) is 24.9 Å². The molecular weight excluding hydrogens is 628 g/mol. The summed E-state index contributed by atoms with van der Waals surface area (Å²) < 4.78 is 80.0. The first-order valence-corrected chi connectivity index (χ1v) is 14.7. The summed E-state index contributed by atoms with van der Waals surface area (Å²) in [5.74, 6) is -0.597. The molecule has 4 rings (SSSR count). The van der Waals surface area contributed by atoms with Gasteiger partial charge in [-0.2, -0.15) is 26.3 Å². The normalized spacial score (nSPS) is 19.3. The second-order valence-corrected chi connectivity index (χ2v) is 11.9. The Balaban J connectivity index is 1.58. The molecule has 0 spiro atoms. The zero-order valence-electron chi connectivity index (χ0n) is 24.7. The first-order chi connectivity index (χ1) is 21.0. The molecule has 2 aromatic carbocycles. The summed E-state index contributed by atoms with van der Waals surface area (Å²) in [5.41, 5.74) is -2.64. The highest BCUT2D eigenvalue weighted by Gasteiger charge is 2.48. The van der Waals surface area contributed by atoms with Crippen LogP contribution in [0, 0.1) is 0 Å². The van der Waals surface area contributed by atoms with E-state index in [-0.39, 0.29) is 43.9 Å². The fraction of sp³-hybridized carbons (Fsp3) is 0.500. The Hall–Kier alpha value is -3.52. The molecular formula is C30H34ClF6N5O3. The SMILES string of the molecule is CN(C)CCCC[C@H]1C(=O)N(Cc2cccc(Cl)c2)CC2N(C(=O)NCc3cc(C(F)(F)F)cc(C(F)(F)F)c3)CCC(=O)N21. The van der Waals surface area contributed by atoms with Crippen LogP contribution >= 0.6 is 11.6 Å². The molecule has 0 aliphatic carbocycles. The second-order valence-electron chi connectivity index (χ2n) is 11.5. The van der Waals surface area contributed by atoms with Crippen LogP contribution in [0.5, 0.6) is 0 Å². The molecule has 2 aliphatic rings. The molecule has 2 atom stereocenters. The molecule has 1 N–H and O–H groups in total. The maximum atomic E-state index is 13.7. The molecule has 8 nitrogen and oxygen atoms in total. The van der Waals surface area contributed by atoms with E-state index in [1.165, 1.54) is 9.80 Å². The minimum absolute atomic E-state index is 0.0195. The molecule has 2 saturated heterocycles. The number of benzene rings is 2. The Morgan fingerprint density at radius 2 is 1.64 bits per heavy atom. The molecule has 0 saturated carbocycles. The maximum Gasteiger partial charge on any atom is 0.416 e. The van der Waals surface area contributed by atoms with Gasteiger partial charge in [0.25, 0.3) is 0 Å². The lowest BCUT2D eigenvalue weighted by atomic mass is 9.98. The molecule has 2 heterocycles. The fourth-order valence-corrected chi connectivity index (χ4v) is 5.87. The van der Waals surface area contributed by atoms with Crippen molar-refractivity contribution in [1.29, 1.82) is 0 Å². The van der Waals surface area contributed by atoms with Crippen LogP contribution in [0.2, 0.25) is 5.02 Å². The Kier molecular flexibility index (Phi) is 10.6. The molecule has 2 aliphatic heterocycles. The van der Waals surface area contributed by atoms with Crippen LogP contribution in [-0.2, 0) is 35.0 Å².